The van der Waals surface area contributed by atoms with Gasteiger partial charge in [-0.2, -0.15) is 4.98 Å². The van der Waals surface area contributed by atoms with Gasteiger partial charge in [0.2, 0.25) is 11.8 Å². The largest absolute Gasteiger partial charge is 0.340 e. The van der Waals surface area contributed by atoms with Gasteiger partial charge in [-0.15, -0.1) is 0 Å². The smallest absolute Gasteiger partial charge is 0.246 e. The average Bonchev–Trinajstić information content (AvgIpc) is 3.24. The van der Waals surface area contributed by atoms with Crippen molar-refractivity contribution in [3.63, 3.8) is 0 Å². The number of hydrogen-bond acceptors (Lipinski definition) is 5. The van der Waals surface area contributed by atoms with E-state index in [1.807, 2.05) is 11.0 Å². The molecule has 1 aliphatic carbocycles. The molecule has 0 aromatic carbocycles. The van der Waals surface area contributed by atoms with Gasteiger partial charge in [0.15, 0.2) is 5.82 Å². The van der Waals surface area contributed by atoms with Gasteiger partial charge in [-0.1, -0.05) is 10.7 Å². The van der Waals surface area contributed by atoms with Crippen molar-refractivity contribution in [1.82, 2.24) is 19.9 Å². The highest BCUT2D eigenvalue weighted by Gasteiger charge is 2.25. The summed E-state index contributed by atoms with van der Waals surface area (Å²) in [6.45, 7) is 7.81. The van der Waals surface area contributed by atoms with Crippen LogP contribution in [0.1, 0.15) is 31.5 Å². The fraction of sp³-hybridized carbons (Fsp3) is 0.667. The quantitative estimate of drug-likeness (QED) is 0.784. The molecule has 0 bridgehead atoms. The minimum absolute atomic E-state index is 0.162. The van der Waals surface area contributed by atoms with E-state index in [1.54, 1.807) is 6.92 Å². The third kappa shape index (κ3) is 3.69. The second-order valence-corrected chi connectivity index (χ2v) is 5.99. The predicted molar refractivity (Wildman–Crippen MR) is 77.4 cm³/mol. The zero-order valence-electron chi connectivity index (χ0n) is 12.7. The summed E-state index contributed by atoms with van der Waals surface area (Å²) in [5, 5.41) is 3.91. The molecule has 1 amide bonds. The van der Waals surface area contributed by atoms with E-state index in [-0.39, 0.29) is 5.91 Å². The van der Waals surface area contributed by atoms with Crippen LogP contribution >= 0.6 is 0 Å². The maximum absolute atomic E-state index is 12.2. The normalized spacial score (nSPS) is 20.9. The van der Waals surface area contributed by atoms with E-state index in [4.69, 9.17) is 4.52 Å². The number of hydrogen-bond donors (Lipinski definition) is 0. The van der Waals surface area contributed by atoms with Crippen molar-refractivity contribution in [3.8, 4) is 0 Å². The Bertz CT molecular complexity index is 540. The second kappa shape index (κ2) is 5.97. The number of aromatic nitrogens is 2. The SMILES string of the molecule is C/C(=C/C(=O)N1CCN(Cc2noc(C)n2)CC1)C1CC1. The molecule has 2 fully saturated rings. The summed E-state index contributed by atoms with van der Waals surface area (Å²) in [7, 11) is 0. The summed E-state index contributed by atoms with van der Waals surface area (Å²) in [5.41, 5.74) is 1.24. The molecule has 2 aliphatic rings. The standard InChI is InChI=1S/C15H22N4O2/c1-11(13-3-4-13)9-15(20)19-7-5-18(6-8-19)10-14-16-12(2)21-17-14/h9,13H,3-8,10H2,1-2H3/b11-9-. The molecule has 1 saturated heterocycles. The maximum Gasteiger partial charge on any atom is 0.246 e. The summed E-state index contributed by atoms with van der Waals surface area (Å²) in [4.78, 5) is 20.6. The van der Waals surface area contributed by atoms with E-state index in [0.29, 0.717) is 18.4 Å². The zero-order chi connectivity index (χ0) is 14.8. The van der Waals surface area contributed by atoms with Crippen molar-refractivity contribution in [2.75, 3.05) is 26.2 Å². The van der Waals surface area contributed by atoms with Crippen molar-refractivity contribution >= 4 is 5.91 Å². The minimum Gasteiger partial charge on any atom is -0.340 e. The molecular weight excluding hydrogens is 268 g/mol. The van der Waals surface area contributed by atoms with Crippen LogP contribution in [-0.4, -0.2) is 52.0 Å². The highest BCUT2D eigenvalue weighted by Crippen LogP contribution is 2.35. The maximum atomic E-state index is 12.2. The van der Waals surface area contributed by atoms with Gasteiger partial charge < -0.3 is 9.42 Å². The Balaban J connectivity index is 1.48. The van der Waals surface area contributed by atoms with Crippen molar-refractivity contribution in [3.05, 3.63) is 23.4 Å². The van der Waals surface area contributed by atoms with Gasteiger partial charge in [0.25, 0.3) is 0 Å². The molecule has 1 aromatic rings. The molecule has 1 aromatic heterocycles. The molecule has 0 radical (unpaired) electrons. The summed E-state index contributed by atoms with van der Waals surface area (Å²) in [6, 6.07) is 0. The Morgan fingerprint density at radius 1 is 1.33 bits per heavy atom. The third-order valence-corrected chi connectivity index (χ3v) is 4.19. The molecule has 6 nitrogen and oxygen atoms in total. The van der Waals surface area contributed by atoms with Gasteiger partial charge in [0.05, 0.1) is 6.54 Å². The lowest BCUT2D eigenvalue weighted by molar-refractivity contribution is -0.127. The highest BCUT2D eigenvalue weighted by atomic mass is 16.5. The van der Waals surface area contributed by atoms with Crippen LogP contribution in [0, 0.1) is 12.8 Å². The Morgan fingerprint density at radius 3 is 2.62 bits per heavy atom. The van der Waals surface area contributed by atoms with Crippen LogP contribution in [0.2, 0.25) is 0 Å². The molecule has 2 heterocycles. The van der Waals surface area contributed by atoms with Crippen molar-refractivity contribution in [2.45, 2.75) is 33.2 Å². The molecule has 1 aliphatic heterocycles. The summed E-state index contributed by atoms with van der Waals surface area (Å²) in [6.07, 6.45) is 4.32. The van der Waals surface area contributed by atoms with E-state index in [2.05, 4.69) is 22.0 Å². The first-order chi connectivity index (χ1) is 10.1. The Hall–Kier alpha value is -1.69. The van der Waals surface area contributed by atoms with E-state index in [9.17, 15) is 4.79 Å². The van der Waals surface area contributed by atoms with Crippen LogP contribution in [0.15, 0.2) is 16.2 Å². The number of nitrogens with zero attached hydrogens (tertiary/aromatic N) is 4. The molecule has 3 rings (SSSR count). The van der Waals surface area contributed by atoms with Crippen LogP contribution in [0.3, 0.4) is 0 Å². The van der Waals surface area contributed by atoms with Crippen LogP contribution in [0.25, 0.3) is 0 Å². The topological polar surface area (TPSA) is 62.5 Å². The van der Waals surface area contributed by atoms with Gasteiger partial charge in [-0.3, -0.25) is 9.69 Å². The molecule has 0 N–H and O–H groups in total. The number of amides is 1. The lowest BCUT2D eigenvalue weighted by atomic mass is 10.1. The van der Waals surface area contributed by atoms with E-state index in [0.717, 1.165) is 32.0 Å². The highest BCUT2D eigenvalue weighted by molar-refractivity contribution is 5.88. The number of carbonyl (C=O) groups is 1. The molecule has 6 heteroatoms. The number of allylic oxidation sites excluding steroid dienone is 1. The van der Waals surface area contributed by atoms with Crippen LogP contribution in [0.5, 0.6) is 0 Å². The minimum atomic E-state index is 0.162. The number of rotatable bonds is 4. The van der Waals surface area contributed by atoms with Crippen molar-refractivity contribution in [1.29, 1.82) is 0 Å². The van der Waals surface area contributed by atoms with E-state index < -0.39 is 0 Å². The first-order valence-corrected chi connectivity index (χ1v) is 7.60. The molecule has 114 valence electrons. The molecular formula is C15H22N4O2. The Kier molecular flexibility index (Phi) is 4.05. The predicted octanol–water partition coefficient (Wildman–Crippen LogP) is 1.38. The zero-order valence-corrected chi connectivity index (χ0v) is 12.7. The van der Waals surface area contributed by atoms with Gasteiger partial charge >= 0.3 is 0 Å². The summed E-state index contributed by atoms with van der Waals surface area (Å²) in [5.74, 6) is 2.14. The molecule has 0 atom stereocenters. The van der Waals surface area contributed by atoms with Crippen LogP contribution in [0.4, 0.5) is 0 Å². The van der Waals surface area contributed by atoms with Gasteiger partial charge in [-0.25, -0.2) is 0 Å². The molecule has 0 unspecified atom stereocenters. The molecule has 0 spiro atoms. The van der Waals surface area contributed by atoms with Crippen LogP contribution < -0.4 is 0 Å². The first-order valence-electron chi connectivity index (χ1n) is 7.60. The van der Waals surface area contributed by atoms with Crippen molar-refractivity contribution < 1.29 is 9.32 Å². The summed E-state index contributed by atoms with van der Waals surface area (Å²) >= 11 is 0. The van der Waals surface area contributed by atoms with Gasteiger partial charge in [0.1, 0.15) is 0 Å². The second-order valence-electron chi connectivity index (χ2n) is 5.99. The number of carbonyl (C=O) groups excluding carboxylic acids is 1. The van der Waals surface area contributed by atoms with E-state index in [1.165, 1.54) is 18.4 Å². The Labute approximate surface area is 124 Å². The third-order valence-electron chi connectivity index (χ3n) is 4.19. The first kappa shape index (κ1) is 14.3. The van der Waals surface area contributed by atoms with E-state index >= 15 is 0 Å². The lowest BCUT2D eigenvalue weighted by Crippen LogP contribution is -2.48. The monoisotopic (exact) mass is 290 g/mol. The number of piperazine rings is 1. The molecule has 21 heavy (non-hydrogen) atoms. The lowest BCUT2D eigenvalue weighted by Gasteiger charge is -2.33. The fourth-order valence-corrected chi connectivity index (χ4v) is 2.67. The number of aryl methyl sites for hydroxylation is 1. The van der Waals surface area contributed by atoms with Gasteiger partial charge in [-0.05, 0) is 25.7 Å². The van der Waals surface area contributed by atoms with Crippen LogP contribution in [-0.2, 0) is 11.3 Å². The average molecular weight is 290 g/mol. The Morgan fingerprint density at radius 2 is 2.05 bits per heavy atom. The molecule has 1 saturated carbocycles. The summed E-state index contributed by atoms with van der Waals surface area (Å²) < 4.78 is 4.98. The van der Waals surface area contributed by atoms with Crippen molar-refractivity contribution in [2.24, 2.45) is 5.92 Å². The fourth-order valence-electron chi connectivity index (χ4n) is 2.67. The van der Waals surface area contributed by atoms with Gasteiger partial charge in [0, 0.05) is 39.2 Å².